The van der Waals surface area contributed by atoms with Crippen LogP contribution >= 0.6 is 0 Å². The number of fused-ring (bicyclic) bond motifs is 3. The van der Waals surface area contributed by atoms with Crippen molar-refractivity contribution in [3.63, 3.8) is 0 Å². The second kappa shape index (κ2) is 3.51. The lowest BCUT2D eigenvalue weighted by molar-refractivity contribution is 0.105. The largest absolute Gasteiger partial charge is 0.507 e. The number of phenolic OH excluding ortho intramolecular Hbond substituents is 1. The van der Waals surface area contributed by atoms with E-state index in [1.165, 1.54) is 0 Å². The molecule has 1 aromatic heterocycles. The molecule has 0 unspecified atom stereocenters. The van der Waals surface area contributed by atoms with E-state index in [2.05, 4.69) is 5.10 Å². The molecule has 0 aliphatic carbocycles. The van der Waals surface area contributed by atoms with Crippen LogP contribution in [0.5, 0.6) is 11.5 Å². The molecule has 2 heterocycles. The van der Waals surface area contributed by atoms with Crippen LogP contribution in [0.1, 0.15) is 26.3 Å². The van der Waals surface area contributed by atoms with Crippen LogP contribution in [0.15, 0.2) is 24.4 Å². The van der Waals surface area contributed by atoms with Gasteiger partial charge < -0.3 is 9.84 Å². The van der Waals surface area contributed by atoms with Crippen molar-refractivity contribution in [2.45, 2.75) is 32.9 Å². The van der Waals surface area contributed by atoms with Crippen LogP contribution in [0, 0.1) is 0 Å². The molecule has 4 nitrogen and oxygen atoms in total. The Morgan fingerprint density at radius 2 is 2.17 bits per heavy atom. The molecule has 4 heteroatoms. The molecule has 1 aliphatic heterocycles. The van der Waals surface area contributed by atoms with Crippen molar-refractivity contribution in [2.24, 2.45) is 0 Å². The molecule has 94 valence electrons. The molecule has 18 heavy (non-hydrogen) atoms. The average Bonchev–Trinajstić information content (AvgIpc) is 2.73. The predicted octanol–water partition coefficient (Wildman–Crippen LogP) is 2.90. The van der Waals surface area contributed by atoms with Gasteiger partial charge in [0.05, 0.1) is 5.56 Å². The van der Waals surface area contributed by atoms with Crippen LogP contribution in [0.3, 0.4) is 0 Å². The molecule has 0 amide bonds. The SMILES string of the molecule is CCn1cc2c(n1)-c1c(O)cccc1OC2(C)C. The number of ether oxygens (including phenoxy) is 1. The zero-order valence-electron chi connectivity index (χ0n) is 10.8. The lowest BCUT2D eigenvalue weighted by Crippen LogP contribution is -2.28. The fourth-order valence-electron chi connectivity index (χ4n) is 2.38. The van der Waals surface area contributed by atoms with Crippen molar-refractivity contribution in [3.8, 4) is 22.8 Å². The van der Waals surface area contributed by atoms with Gasteiger partial charge in [-0.05, 0) is 32.9 Å². The molecule has 0 atom stereocenters. The lowest BCUT2D eigenvalue weighted by Gasteiger charge is -2.32. The van der Waals surface area contributed by atoms with Gasteiger partial charge in [0, 0.05) is 18.3 Å². The first kappa shape index (κ1) is 11.1. The highest BCUT2D eigenvalue weighted by Crippen LogP contribution is 2.47. The second-order valence-electron chi connectivity index (χ2n) is 5.01. The fraction of sp³-hybridized carbons (Fsp3) is 0.357. The molecule has 0 spiro atoms. The van der Waals surface area contributed by atoms with E-state index in [9.17, 15) is 5.11 Å². The van der Waals surface area contributed by atoms with Crippen LogP contribution < -0.4 is 4.74 Å². The third-order valence-corrected chi connectivity index (χ3v) is 3.34. The predicted molar refractivity (Wildman–Crippen MR) is 68.7 cm³/mol. The summed E-state index contributed by atoms with van der Waals surface area (Å²) >= 11 is 0. The molecule has 0 fully saturated rings. The van der Waals surface area contributed by atoms with Crippen molar-refractivity contribution in [2.75, 3.05) is 0 Å². The van der Waals surface area contributed by atoms with Crippen LogP contribution in [0.25, 0.3) is 11.3 Å². The van der Waals surface area contributed by atoms with Crippen molar-refractivity contribution in [1.29, 1.82) is 0 Å². The lowest BCUT2D eigenvalue weighted by atomic mass is 9.91. The Balaban J connectivity index is 2.32. The van der Waals surface area contributed by atoms with Gasteiger partial charge in [0.15, 0.2) is 0 Å². The van der Waals surface area contributed by atoms with Crippen LogP contribution in [0.2, 0.25) is 0 Å². The Kier molecular flexibility index (Phi) is 2.17. The molecule has 3 rings (SSSR count). The van der Waals surface area contributed by atoms with Gasteiger partial charge >= 0.3 is 0 Å². The Labute approximate surface area is 106 Å². The highest BCUT2D eigenvalue weighted by molar-refractivity contribution is 5.78. The van der Waals surface area contributed by atoms with Crippen molar-refractivity contribution in [3.05, 3.63) is 30.0 Å². The molecule has 0 saturated heterocycles. The van der Waals surface area contributed by atoms with Gasteiger partial charge in [-0.25, -0.2) is 0 Å². The Morgan fingerprint density at radius 1 is 1.39 bits per heavy atom. The van der Waals surface area contributed by atoms with Crippen molar-refractivity contribution >= 4 is 0 Å². The summed E-state index contributed by atoms with van der Waals surface area (Å²) in [7, 11) is 0. The first-order valence-electron chi connectivity index (χ1n) is 6.12. The maximum absolute atomic E-state index is 10.0. The summed E-state index contributed by atoms with van der Waals surface area (Å²) in [6.07, 6.45) is 1.99. The third kappa shape index (κ3) is 1.41. The molecule has 0 saturated carbocycles. The maximum atomic E-state index is 10.0. The third-order valence-electron chi connectivity index (χ3n) is 3.34. The minimum atomic E-state index is -0.427. The van der Waals surface area contributed by atoms with Gasteiger partial charge in [-0.3, -0.25) is 4.68 Å². The smallest absolute Gasteiger partial charge is 0.133 e. The van der Waals surface area contributed by atoms with E-state index in [1.807, 2.05) is 37.7 Å². The topological polar surface area (TPSA) is 47.3 Å². The number of aryl methyl sites for hydroxylation is 1. The van der Waals surface area contributed by atoms with Crippen LogP contribution in [-0.4, -0.2) is 14.9 Å². The van der Waals surface area contributed by atoms with Crippen molar-refractivity contribution < 1.29 is 9.84 Å². The van der Waals surface area contributed by atoms with Crippen LogP contribution in [0.4, 0.5) is 0 Å². The standard InChI is InChI=1S/C14H16N2O2/c1-4-16-8-9-13(15-16)12-10(17)6-5-7-11(12)18-14(9,2)3/h5-8,17H,4H2,1-3H3. The molecular formula is C14H16N2O2. The number of aromatic nitrogens is 2. The zero-order chi connectivity index (χ0) is 12.9. The normalized spacial score (nSPS) is 15.7. The highest BCUT2D eigenvalue weighted by atomic mass is 16.5. The summed E-state index contributed by atoms with van der Waals surface area (Å²) in [5, 5.41) is 14.6. The first-order chi connectivity index (χ1) is 8.53. The zero-order valence-corrected chi connectivity index (χ0v) is 10.8. The van der Waals surface area contributed by atoms with E-state index in [0.29, 0.717) is 11.3 Å². The minimum absolute atomic E-state index is 0.214. The molecule has 0 bridgehead atoms. The highest BCUT2D eigenvalue weighted by Gasteiger charge is 2.36. The number of hydrogen-bond acceptors (Lipinski definition) is 3. The Hall–Kier alpha value is -1.97. The number of aromatic hydroxyl groups is 1. The summed E-state index contributed by atoms with van der Waals surface area (Å²) in [6.45, 7) is 6.87. The Morgan fingerprint density at radius 3 is 2.89 bits per heavy atom. The number of benzene rings is 1. The summed E-state index contributed by atoms with van der Waals surface area (Å²) in [4.78, 5) is 0. The van der Waals surface area contributed by atoms with Gasteiger partial charge in [0.2, 0.25) is 0 Å². The summed E-state index contributed by atoms with van der Waals surface area (Å²) in [6, 6.07) is 5.31. The molecule has 1 aliphatic rings. The van der Waals surface area contributed by atoms with E-state index in [4.69, 9.17) is 4.74 Å². The monoisotopic (exact) mass is 244 g/mol. The summed E-state index contributed by atoms with van der Waals surface area (Å²) in [5.74, 6) is 0.902. The number of rotatable bonds is 1. The van der Waals surface area contributed by atoms with Gasteiger partial charge in [-0.15, -0.1) is 0 Å². The van der Waals surface area contributed by atoms with Gasteiger partial charge in [-0.2, -0.15) is 5.10 Å². The van der Waals surface area contributed by atoms with Gasteiger partial charge in [0.25, 0.3) is 0 Å². The summed E-state index contributed by atoms with van der Waals surface area (Å²) in [5.41, 5.74) is 2.10. The molecular weight excluding hydrogens is 228 g/mol. The summed E-state index contributed by atoms with van der Waals surface area (Å²) < 4.78 is 7.84. The molecule has 2 aromatic rings. The molecule has 1 aromatic carbocycles. The second-order valence-corrected chi connectivity index (χ2v) is 5.01. The van der Waals surface area contributed by atoms with Crippen LogP contribution in [-0.2, 0) is 12.1 Å². The van der Waals surface area contributed by atoms with E-state index in [0.717, 1.165) is 17.8 Å². The molecule has 1 N–H and O–H groups in total. The minimum Gasteiger partial charge on any atom is -0.507 e. The maximum Gasteiger partial charge on any atom is 0.133 e. The number of phenols is 1. The average molecular weight is 244 g/mol. The van der Waals surface area contributed by atoms with E-state index in [-0.39, 0.29) is 5.75 Å². The molecule has 0 radical (unpaired) electrons. The van der Waals surface area contributed by atoms with Gasteiger partial charge in [0.1, 0.15) is 22.8 Å². The van der Waals surface area contributed by atoms with E-state index in [1.54, 1.807) is 12.1 Å². The first-order valence-corrected chi connectivity index (χ1v) is 6.12. The van der Waals surface area contributed by atoms with Gasteiger partial charge in [-0.1, -0.05) is 6.07 Å². The Bertz CT molecular complexity index is 614. The fourth-order valence-corrected chi connectivity index (χ4v) is 2.38. The number of hydrogen-bond donors (Lipinski definition) is 1. The van der Waals surface area contributed by atoms with E-state index >= 15 is 0 Å². The van der Waals surface area contributed by atoms with E-state index < -0.39 is 5.60 Å². The van der Waals surface area contributed by atoms with Crippen molar-refractivity contribution in [1.82, 2.24) is 9.78 Å². The quantitative estimate of drug-likeness (QED) is 0.839. The number of nitrogens with zero attached hydrogens (tertiary/aromatic N) is 2.